The largest absolute Gasteiger partial charge is 0.495 e. The second-order valence-electron chi connectivity index (χ2n) is 5.37. The maximum atomic E-state index is 12.6. The van der Waals surface area contributed by atoms with Crippen molar-refractivity contribution in [3.63, 3.8) is 0 Å². The minimum absolute atomic E-state index is 0.0700. The summed E-state index contributed by atoms with van der Waals surface area (Å²) in [4.78, 5) is 13.6. The summed E-state index contributed by atoms with van der Waals surface area (Å²) in [6.45, 7) is 3.87. The molecule has 0 heterocycles. The van der Waals surface area contributed by atoms with Gasteiger partial charge in [0, 0.05) is 21.7 Å². The number of nitrogen functional groups attached to an aromatic ring is 1. The molecule has 6 heteroatoms. The highest BCUT2D eigenvalue weighted by Gasteiger charge is 2.20. The van der Waals surface area contributed by atoms with Crippen molar-refractivity contribution in [2.45, 2.75) is 30.4 Å². The Morgan fingerprint density at radius 2 is 2.00 bits per heavy atom. The fourth-order valence-electron chi connectivity index (χ4n) is 2.18. The van der Waals surface area contributed by atoms with E-state index in [1.165, 1.54) is 11.8 Å². The third-order valence-corrected chi connectivity index (χ3v) is 5.34. The summed E-state index contributed by atoms with van der Waals surface area (Å²) in [5.74, 6) is 0.477. The number of ether oxygens (including phenoxy) is 1. The zero-order chi connectivity index (χ0) is 17.7. The van der Waals surface area contributed by atoms with Crippen LogP contribution >= 0.6 is 23.4 Å². The molecular formula is C18H21ClN2O2S. The molecule has 0 radical (unpaired) electrons. The summed E-state index contributed by atoms with van der Waals surface area (Å²) in [7, 11) is 1.55. The van der Waals surface area contributed by atoms with Crippen molar-refractivity contribution in [1.82, 2.24) is 0 Å². The van der Waals surface area contributed by atoms with Gasteiger partial charge < -0.3 is 15.8 Å². The van der Waals surface area contributed by atoms with E-state index in [4.69, 9.17) is 22.1 Å². The van der Waals surface area contributed by atoms with Gasteiger partial charge in [-0.3, -0.25) is 4.79 Å². The first-order chi connectivity index (χ1) is 11.4. The molecule has 0 saturated heterocycles. The zero-order valence-corrected chi connectivity index (χ0v) is 15.5. The van der Waals surface area contributed by atoms with Crippen molar-refractivity contribution >= 4 is 40.6 Å². The number of benzene rings is 2. The number of rotatable bonds is 6. The van der Waals surface area contributed by atoms with Crippen LogP contribution in [0.15, 0.2) is 41.3 Å². The van der Waals surface area contributed by atoms with Crippen LogP contribution < -0.4 is 15.8 Å². The van der Waals surface area contributed by atoms with Crippen LogP contribution in [0.1, 0.15) is 18.9 Å². The molecule has 4 nitrogen and oxygen atoms in total. The van der Waals surface area contributed by atoms with Crippen molar-refractivity contribution in [2.75, 3.05) is 18.2 Å². The lowest BCUT2D eigenvalue weighted by atomic mass is 10.2. The Labute approximate surface area is 151 Å². The molecular weight excluding hydrogens is 344 g/mol. The van der Waals surface area contributed by atoms with Gasteiger partial charge in [-0.05, 0) is 49.2 Å². The van der Waals surface area contributed by atoms with Gasteiger partial charge in [0.15, 0.2) is 0 Å². The van der Waals surface area contributed by atoms with Crippen molar-refractivity contribution in [2.24, 2.45) is 0 Å². The van der Waals surface area contributed by atoms with Crippen molar-refractivity contribution in [1.29, 1.82) is 0 Å². The van der Waals surface area contributed by atoms with Gasteiger partial charge in [-0.25, -0.2) is 0 Å². The lowest BCUT2D eigenvalue weighted by Crippen LogP contribution is -2.24. The lowest BCUT2D eigenvalue weighted by molar-refractivity contribution is -0.115. The molecule has 0 spiro atoms. The van der Waals surface area contributed by atoms with Crippen LogP contribution in [0.4, 0.5) is 11.4 Å². The molecule has 3 N–H and O–H groups in total. The molecule has 0 aliphatic rings. The van der Waals surface area contributed by atoms with Crippen LogP contribution in [0, 0.1) is 6.92 Å². The third-order valence-electron chi connectivity index (χ3n) is 3.56. The van der Waals surface area contributed by atoms with Crippen LogP contribution in [0.2, 0.25) is 5.02 Å². The predicted octanol–water partition coefficient (Wildman–Crippen LogP) is 4.75. The molecule has 1 atom stereocenters. The predicted molar refractivity (Wildman–Crippen MR) is 102 cm³/mol. The average molecular weight is 365 g/mol. The second kappa shape index (κ2) is 8.31. The number of carbonyl (C=O) groups is 1. The molecule has 0 saturated carbocycles. The number of carbonyl (C=O) groups excluding carboxylic acids is 1. The highest BCUT2D eigenvalue weighted by molar-refractivity contribution is 8.00. The minimum atomic E-state index is -0.214. The summed E-state index contributed by atoms with van der Waals surface area (Å²) < 4.78 is 5.31. The number of hydrogen-bond acceptors (Lipinski definition) is 4. The first-order valence-electron chi connectivity index (χ1n) is 7.61. The molecule has 0 fully saturated rings. The Balaban J connectivity index is 2.14. The van der Waals surface area contributed by atoms with Crippen molar-refractivity contribution < 1.29 is 9.53 Å². The molecule has 24 heavy (non-hydrogen) atoms. The van der Waals surface area contributed by atoms with E-state index in [9.17, 15) is 4.79 Å². The highest BCUT2D eigenvalue weighted by atomic mass is 35.5. The Morgan fingerprint density at radius 3 is 2.58 bits per heavy atom. The van der Waals surface area contributed by atoms with Crippen LogP contribution in [0.25, 0.3) is 0 Å². The molecule has 1 unspecified atom stereocenters. The number of aryl methyl sites for hydroxylation is 1. The fourth-order valence-corrected chi connectivity index (χ4v) is 3.28. The van der Waals surface area contributed by atoms with E-state index >= 15 is 0 Å². The van der Waals surface area contributed by atoms with Crippen molar-refractivity contribution in [3.8, 4) is 5.75 Å². The van der Waals surface area contributed by atoms with Gasteiger partial charge >= 0.3 is 0 Å². The molecule has 0 aliphatic heterocycles. The Hall–Kier alpha value is -1.85. The number of amides is 1. The summed E-state index contributed by atoms with van der Waals surface area (Å²) in [6, 6.07) is 11.0. The van der Waals surface area contributed by atoms with E-state index in [0.29, 0.717) is 28.6 Å². The molecule has 2 rings (SSSR count). The van der Waals surface area contributed by atoms with E-state index in [1.807, 2.05) is 44.2 Å². The number of thioether (sulfide) groups is 1. The van der Waals surface area contributed by atoms with Gasteiger partial charge in [-0.2, -0.15) is 0 Å². The molecule has 1 amide bonds. The number of nitrogens with two attached hydrogens (primary N) is 1. The highest BCUT2D eigenvalue weighted by Crippen LogP contribution is 2.32. The van der Waals surface area contributed by atoms with Gasteiger partial charge in [-0.1, -0.05) is 18.5 Å². The fraction of sp³-hybridized carbons (Fsp3) is 0.278. The normalized spacial score (nSPS) is 11.8. The maximum Gasteiger partial charge on any atom is 0.237 e. The Morgan fingerprint density at radius 1 is 1.33 bits per heavy atom. The van der Waals surface area contributed by atoms with Gasteiger partial charge in [0.05, 0.1) is 18.0 Å². The van der Waals surface area contributed by atoms with Crippen LogP contribution in [0.3, 0.4) is 0 Å². The minimum Gasteiger partial charge on any atom is -0.495 e. The van der Waals surface area contributed by atoms with E-state index in [0.717, 1.165) is 10.5 Å². The molecule has 2 aromatic rings. The smallest absolute Gasteiger partial charge is 0.237 e. The molecule has 2 aromatic carbocycles. The molecule has 0 aromatic heterocycles. The molecule has 0 bridgehead atoms. The lowest BCUT2D eigenvalue weighted by Gasteiger charge is -2.17. The van der Waals surface area contributed by atoms with Crippen LogP contribution in [-0.4, -0.2) is 18.3 Å². The summed E-state index contributed by atoms with van der Waals surface area (Å²) in [5.41, 5.74) is 7.91. The third kappa shape index (κ3) is 4.58. The van der Waals surface area contributed by atoms with E-state index in [1.54, 1.807) is 13.2 Å². The topological polar surface area (TPSA) is 64.4 Å². The average Bonchev–Trinajstić information content (AvgIpc) is 2.57. The first-order valence-corrected chi connectivity index (χ1v) is 8.87. The maximum absolute atomic E-state index is 12.6. The SMILES string of the molecule is CCC(Sc1ccc(N)cc1)C(=O)Nc1cc(C)c(Cl)cc1OC. The quantitative estimate of drug-likeness (QED) is 0.573. The first kappa shape index (κ1) is 18.5. The number of nitrogens with one attached hydrogen (secondary N) is 1. The summed E-state index contributed by atoms with van der Waals surface area (Å²) in [6.07, 6.45) is 0.704. The van der Waals surface area contributed by atoms with Gasteiger partial charge in [0.2, 0.25) is 5.91 Å². The monoisotopic (exact) mass is 364 g/mol. The Kier molecular flexibility index (Phi) is 6.40. The Bertz CT molecular complexity index is 720. The summed E-state index contributed by atoms with van der Waals surface area (Å²) in [5, 5.41) is 3.34. The van der Waals surface area contributed by atoms with Gasteiger partial charge in [0.1, 0.15) is 5.75 Å². The number of anilines is 2. The van der Waals surface area contributed by atoms with Crippen molar-refractivity contribution in [3.05, 3.63) is 47.0 Å². The second-order valence-corrected chi connectivity index (χ2v) is 7.06. The number of methoxy groups -OCH3 is 1. The zero-order valence-electron chi connectivity index (χ0n) is 13.9. The number of hydrogen-bond donors (Lipinski definition) is 2. The summed E-state index contributed by atoms with van der Waals surface area (Å²) >= 11 is 7.62. The molecule has 128 valence electrons. The standard InChI is InChI=1S/C18H21ClN2O2S/c1-4-17(24-13-7-5-12(20)6-8-13)18(22)21-15-9-11(2)14(19)10-16(15)23-3/h5-10,17H,4,20H2,1-3H3,(H,21,22). The van der Waals surface area contributed by atoms with E-state index in [-0.39, 0.29) is 11.2 Å². The van der Waals surface area contributed by atoms with Gasteiger partial charge in [-0.15, -0.1) is 11.8 Å². The van der Waals surface area contributed by atoms with Gasteiger partial charge in [0.25, 0.3) is 0 Å². The molecule has 0 aliphatic carbocycles. The van der Waals surface area contributed by atoms with E-state index in [2.05, 4.69) is 5.32 Å². The van der Waals surface area contributed by atoms with Crippen LogP contribution in [-0.2, 0) is 4.79 Å². The van der Waals surface area contributed by atoms with E-state index < -0.39 is 0 Å². The van der Waals surface area contributed by atoms with Crippen LogP contribution in [0.5, 0.6) is 5.75 Å². The number of halogens is 1.